The smallest absolute Gasteiger partial charge is 0.388 e. The van der Waals surface area contributed by atoms with Crippen LogP contribution >= 0.6 is 7.82 Å². The first kappa shape index (κ1) is 31.9. The van der Waals surface area contributed by atoms with Crippen molar-refractivity contribution in [3.05, 3.63) is 12.2 Å². The van der Waals surface area contributed by atoms with Crippen LogP contribution in [0.3, 0.4) is 0 Å². The number of unbranched alkanes of at least 4 members (excludes halogenated alkanes) is 4. The predicted octanol–water partition coefficient (Wildman–Crippen LogP) is 2.61. The van der Waals surface area contributed by atoms with Gasteiger partial charge in [-0.1, -0.05) is 52.0 Å². The van der Waals surface area contributed by atoms with Crippen LogP contribution in [-0.2, 0) is 23.4 Å². The molecule has 0 aromatic rings. The molecule has 0 bridgehead atoms. The van der Waals surface area contributed by atoms with Gasteiger partial charge in [-0.2, -0.15) is 0 Å². The second-order valence-corrected chi connectivity index (χ2v) is 11.1. The molecule has 204 valence electrons. The number of ketones is 1. The van der Waals surface area contributed by atoms with Gasteiger partial charge >= 0.3 is 7.82 Å². The second kappa shape index (κ2) is 15.9. The van der Waals surface area contributed by atoms with Gasteiger partial charge in [0.25, 0.3) is 0 Å². The van der Waals surface area contributed by atoms with Crippen molar-refractivity contribution >= 4 is 19.5 Å². The van der Waals surface area contributed by atoms with Crippen molar-refractivity contribution in [3.63, 3.8) is 0 Å². The van der Waals surface area contributed by atoms with Crippen molar-refractivity contribution in [2.75, 3.05) is 6.61 Å². The topological polar surface area (TPSA) is 177 Å². The number of aliphatic hydroxyl groups excluding tert-OH is 2. The van der Waals surface area contributed by atoms with Crippen LogP contribution in [-0.4, -0.2) is 62.7 Å². The first-order valence-corrected chi connectivity index (χ1v) is 14.0. The minimum atomic E-state index is -4.68. The highest BCUT2D eigenvalue weighted by molar-refractivity contribution is 7.46. The van der Waals surface area contributed by atoms with Gasteiger partial charge in [-0.05, 0) is 50.5 Å². The maximum atomic E-state index is 12.0. The summed E-state index contributed by atoms with van der Waals surface area (Å²) in [4.78, 5) is 40.4. The molecule has 1 aliphatic rings. The third-order valence-corrected chi connectivity index (χ3v) is 7.20. The Morgan fingerprint density at radius 2 is 1.60 bits per heavy atom. The summed E-state index contributed by atoms with van der Waals surface area (Å²) in [6.07, 6.45) is 7.40. The van der Waals surface area contributed by atoms with Crippen LogP contribution in [0, 0.1) is 17.8 Å². The Morgan fingerprint density at radius 3 is 2.17 bits per heavy atom. The Kier molecular flexibility index (Phi) is 14.5. The highest BCUT2D eigenvalue weighted by atomic mass is 31.2. The molecule has 1 aliphatic heterocycles. The Morgan fingerprint density at radius 1 is 1.00 bits per heavy atom. The van der Waals surface area contributed by atoms with Crippen LogP contribution in [0.5, 0.6) is 0 Å². The van der Waals surface area contributed by atoms with Gasteiger partial charge in [0.15, 0.2) is 0 Å². The Hall–Kier alpha value is -1.13. The van der Waals surface area contributed by atoms with E-state index < -0.39 is 44.8 Å². The summed E-state index contributed by atoms with van der Waals surface area (Å²) < 4.78 is 20.9. The zero-order valence-corrected chi connectivity index (χ0v) is 22.0. The molecular formula is C24H44NO9P. The fraction of sp³-hybridized carbons (Fsp3) is 0.833. The van der Waals surface area contributed by atoms with Crippen molar-refractivity contribution in [2.45, 2.75) is 103 Å². The van der Waals surface area contributed by atoms with Gasteiger partial charge in [-0.25, -0.2) is 4.57 Å². The second-order valence-electron chi connectivity index (χ2n) is 9.85. The van der Waals surface area contributed by atoms with Crippen LogP contribution in [0.25, 0.3) is 0 Å². The summed E-state index contributed by atoms with van der Waals surface area (Å²) in [6.45, 7) is 5.07. The normalized spacial score (nSPS) is 25.6. The lowest BCUT2D eigenvalue weighted by atomic mass is 9.89. The maximum absolute atomic E-state index is 12.0. The number of nitrogens with two attached hydrogens (primary N) is 1. The summed E-state index contributed by atoms with van der Waals surface area (Å²) in [7, 11) is -4.68. The number of allylic oxidation sites excluding steroid dienone is 1. The largest absolute Gasteiger partial charge is 0.469 e. The summed E-state index contributed by atoms with van der Waals surface area (Å²) in [6, 6.07) is 0. The maximum Gasteiger partial charge on any atom is 0.469 e. The molecule has 10 nitrogen and oxygen atoms in total. The van der Waals surface area contributed by atoms with E-state index in [1.54, 1.807) is 13.0 Å². The summed E-state index contributed by atoms with van der Waals surface area (Å²) in [5.41, 5.74) is 5.11. The highest BCUT2D eigenvalue weighted by Gasteiger charge is 2.45. The third kappa shape index (κ3) is 13.1. The van der Waals surface area contributed by atoms with Gasteiger partial charge in [-0.3, -0.25) is 14.1 Å². The standard InChI is InChI=1S/C24H44NO9P/c1-16(12-14-21(25)27)11-13-19(18(3)26)10-8-6-4-5-7-9-17(2)24-23(29)22(28)20(34-24)15-33-35(30,31)32/h12,14,16-17,19-20,22-24,28-29H,4-11,13,15H2,1-3H3,(H2,25,27)(H2,30,31,32)/b14-12-/t16-,17+,19-,20?,22?,23?,24?/m1/s1. The minimum absolute atomic E-state index is 0.0348. The van der Waals surface area contributed by atoms with Gasteiger partial charge < -0.3 is 30.5 Å². The average Bonchev–Trinajstić information content (AvgIpc) is 3.05. The van der Waals surface area contributed by atoms with E-state index in [1.165, 1.54) is 6.08 Å². The lowest BCUT2D eigenvalue weighted by molar-refractivity contribution is -0.121. The molecule has 0 spiro atoms. The fourth-order valence-corrected chi connectivity index (χ4v) is 4.82. The molecular weight excluding hydrogens is 477 g/mol. The number of carbonyl (C=O) groups is 2. The summed E-state index contributed by atoms with van der Waals surface area (Å²) >= 11 is 0. The molecule has 0 aromatic heterocycles. The summed E-state index contributed by atoms with van der Waals surface area (Å²) in [5, 5.41) is 20.3. The fourth-order valence-electron chi connectivity index (χ4n) is 4.48. The number of aliphatic hydroxyl groups is 2. The van der Waals surface area contributed by atoms with Crippen LogP contribution in [0.4, 0.5) is 0 Å². The van der Waals surface area contributed by atoms with Gasteiger partial charge in [0, 0.05) is 5.92 Å². The van der Waals surface area contributed by atoms with Crippen LogP contribution in [0.15, 0.2) is 12.2 Å². The lowest BCUT2D eigenvalue weighted by Gasteiger charge is -2.22. The van der Waals surface area contributed by atoms with Gasteiger partial charge in [0.1, 0.15) is 24.1 Å². The molecule has 11 heteroatoms. The molecule has 1 fully saturated rings. The van der Waals surface area contributed by atoms with E-state index in [4.69, 9.17) is 20.3 Å². The van der Waals surface area contributed by atoms with Gasteiger partial charge in [0.05, 0.1) is 12.7 Å². The SMILES string of the molecule is CC(=O)[C@H](CCCCCCC[C@H](C)C1OC(COP(=O)(O)O)C(O)C1O)CC[C@@H](C)/C=C\C(N)=O. The molecule has 7 atom stereocenters. The number of phosphoric acid groups is 1. The predicted molar refractivity (Wildman–Crippen MR) is 131 cm³/mol. The van der Waals surface area contributed by atoms with Crippen molar-refractivity contribution in [1.82, 2.24) is 0 Å². The average molecular weight is 522 g/mol. The van der Waals surface area contributed by atoms with E-state index in [1.807, 2.05) is 13.8 Å². The van der Waals surface area contributed by atoms with Crippen LogP contribution in [0.2, 0.25) is 0 Å². The van der Waals surface area contributed by atoms with Gasteiger partial charge in [0.2, 0.25) is 5.91 Å². The number of hydrogen-bond donors (Lipinski definition) is 5. The van der Waals surface area contributed by atoms with E-state index in [2.05, 4.69) is 4.52 Å². The van der Waals surface area contributed by atoms with Gasteiger partial charge in [-0.15, -0.1) is 0 Å². The molecule has 0 radical (unpaired) electrons. The van der Waals surface area contributed by atoms with E-state index in [-0.39, 0.29) is 23.5 Å². The quantitative estimate of drug-likeness (QED) is 0.103. The molecule has 6 N–H and O–H groups in total. The number of hydrogen-bond acceptors (Lipinski definition) is 7. The zero-order valence-electron chi connectivity index (χ0n) is 21.1. The number of primary amides is 1. The highest BCUT2D eigenvalue weighted by Crippen LogP contribution is 2.38. The van der Waals surface area contributed by atoms with Crippen LogP contribution in [0.1, 0.15) is 78.6 Å². The number of amides is 1. The first-order chi connectivity index (χ1) is 16.3. The molecule has 35 heavy (non-hydrogen) atoms. The van der Waals surface area contributed by atoms with Crippen molar-refractivity contribution in [2.24, 2.45) is 23.5 Å². The zero-order chi connectivity index (χ0) is 26.6. The first-order valence-electron chi connectivity index (χ1n) is 12.5. The number of carbonyl (C=O) groups excluding carboxylic acids is 2. The van der Waals surface area contributed by atoms with Crippen LogP contribution < -0.4 is 5.73 Å². The minimum Gasteiger partial charge on any atom is -0.388 e. The Balaban J connectivity index is 2.25. The molecule has 0 saturated carbocycles. The number of phosphoric ester groups is 1. The van der Waals surface area contributed by atoms with E-state index in [0.717, 1.165) is 57.8 Å². The van der Waals surface area contributed by atoms with E-state index >= 15 is 0 Å². The van der Waals surface area contributed by atoms with Crippen molar-refractivity contribution in [1.29, 1.82) is 0 Å². The Labute approximate surface area is 208 Å². The molecule has 1 rings (SSSR count). The number of rotatable bonds is 18. The number of Topliss-reactive ketones (excluding diaryl/α,β-unsaturated/α-hetero) is 1. The molecule has 1 saturated heterocycles. The lowest BCUT2D eigenvalue weighted by Crippen LogP contribution is -2.36. The molecule has 0 aromatic carbocycles. The van der Waals surface area contributed by atoms with E-state index in [9.17, 15) is 24.4 Å². The van der Waals surface area contributed by atoms with Crippen molar-refractivity contribution in [3.8, 4) is 0 Å². The molecule has 0 aliphatic carbocycles. The Bertz CT molecular complexity index is 726. The molecule has 1 amide bonds. The molecule has 4 unspecified atom stereocenters. The van der Waals surface area contributed by atoms with Crippen molar-refractivity contribution < 1.29 is 43.4 Å². The monoisotopic (exact) mass is 521 g/mol. The third-order valence-electron chi connectivity index (χ3n) is 6.71. The molecule has 1 heterocycles. The van der Waals surface area contributed by atoms with E-state index in [0.29, 0.717) is 0 Å². The summed E-state index contributed by atoms with van der Waals surface area (Å²) in [5.74, 6) is -0.0620. The number of ether oxygens (including phenoxy) is 1.